The van der Waals surface area contributed by atoms with E-state index in [1.54, 1.807) is 50.6 Å². The first-order valence-electron chi connectivity index (χ1n) is 52.0. The van der Waals surface area contributed by atoms with Crippen molar-refractivity contribution in [2.45, 2.75) is 330 Å². The number of sulfone groups is 1. The van der Waals surface area contributed by atoms with Gasteiger partial charge in [0.1, 0.15) is 47.3 Å². The van der Waals surface area contributed by atoms with Crippen molar-refractivity contribution in [3.05, 3.63) is 167 Å². The fraction of sp³-hybridized carbons (Fsp3) is 0.703. The molecule has 0 spiro atoms. The average Bonchev–Trinajstić information content (AvgIpc) is 0.812. The lowest BCUT2D eigenvalue weighted by Crippen LogP contribution is -2.48. The Hall–Kier alpha value is -8.19. The Labute approximate surface area is 848 Å². The lowest BCUT2D eigenvalue weighted by Gasteiger charge is -2.40. The summed E-state index contributed by atoms with van der Waals surface area (Å²) in [7, 11) is 4.43. The molecule has 15 rings (SSSR count). The van der Waals surface area contributed by atoms with Gasteiger partial charge in [0.05, 0.1) is 24.1 Å². The minimum atomic E-state index is -2.86. The van der Waals surface area contributed by atoms with Crippen LogP contribution in [-0.4, -0.2) is 277 Å². The SMILES string of the molecule is CC(=O)N(C)C1CC(Cc2cc(C(C)(C)C)ncn2)C1.CC(C)(C)c1cc(CC2CCN(CCS(C)(=O)=O)CC2)ncn1.CC(C)(C)c1cc(CC2CNC2)ccn1.CC(C)(C)c1cc(NC2CCN(C(=O)C3CCC3)CC2)ccn1.CN(C)C(=O)CN1CCC(Cc2cc(C(C)(C)C)ncn2)CC1.COC1CC(Nc2cc(C(C)(C)C)ncn2)C1.CSCCN1CC(Cc2cc(C(C)(C)C)ncn2)C1. The Morgan fingerprint density at radius 3 is 1.29 bits per heavy atom. The van der Waals surface area contributed by atoms with Gasteiger partial charge in [-0.25, -0.2) is 58.3 Å². The van der Waals surface area contributed by atoms with E-state index in [0.29, 0.717) is 66.9 Å². The average molecular weight is 1970 g/mol. The Balaban J connectivity index is 0.000000183. The summed E-state index contributed by atoms with van der Waals surface area (Å²) >= 11 is 1.93. The zero-order valence-electron chi connectivity index (χ0n) is 91.2. The van der Waals surface area contributed by atoms with Crippen LogP contribution in [0.5, 0.6) is 0 Å². The number of pyridine rings is 2. The van der Waals surface area contributed by atoms with E-state index in [1.165, 1.54) is 74.5 Å². The maximum Gasteiger partial charge on any atom is 0.236 e. The molecular formula is C111H179N21O6S2. The third kappa shape index (κ3) is 39.4. The monoisotopic (exact) mass is 1970 g/mol. The Bertz CT molecular complexity index is 5060. The second-order valence-electron chi connectivity index (χ2n) is 48.3. The van der Waals surface area contributed by atoms with Crippen molar-refractivity contribution in [2.75, 3.05) is 148 Å². The van der Waals surface area contributed by atoms with Crippen molar-refractivity contribution in [1.29, 1.82) is 0 Å². The highest BCUT2D eigenvalue weighted by Gasteiger charge is 2.37. The molecular weight excluding hydrogens is 1790 g/mol. The third-order valence-corrected chi connectivity index (χ3v) is 29.8. The summed E-state index contributed by atoms with van der Waals surface area (Å²) in [5, 5.41) is 10.4. The van der Waals surface area contributed by atoms with Gasteiger partial charge in [0.2, 0.25) is 17.7 Å². The van der Waals surface area contributed by atoms with E-state index in [4.69, 9.17) is 4.74 Å². The number of aromatic nitrogens is 12. The lowest BCUT2D eigenvalue weighted by atomic mass is 9.76. The maximum absolute atomic E-state index is 12.3. The number of nitrogens with one attached hydrogen (secondary N) is 3. The standard InChI is InChI=1S/C19H29N3O.C18H30N4O.C17H29N3O2S.C16H25N3O.C15H25N3S.C13H21N3O.C13H20N2/c1-19(2,3)17-13-16(7-10-20-17)21-15-8-11-22(12-9-15)18(23)14-5-4-6-14;1-18(2,3)16-11-15(19-13-20-16)10-14-6-8-22(9-7-14)12-17(23)21(4)5;1-17(2,3)16-12-15(18-13-19-16)11-14-5-7-20(8-6-14)9-10-23(4,21)22;1-11(20)19(5)14-7-12(8-14)6-13-9-15(16(2,3)4)18-10-17-13;1-15(2,3)14-8-13(16-11-17-14)7-12-9-18(10-12)5-6-19-4;1-13(2,3)11-7-12(15-8-14-11)16-9-5-10(6-9)17-4;1-13(2,3)12-7-10(4-5-15-12)6-11-8-14-9-11/h7,10,13-15H,4-6,8-9,11-12H2,1-3H3,(H,20,21);11,13-14H,6-10,12H2,1-5H3;12-14H,5-11H2,1-4H3;9-10,12,14H,6-8H2,1-5H3;8,11-12H,5-7,9-10H2,1-4H3;7-10H,5-6H2,1-4H3,(H,14,15,16);4-5,7,11,14H,6,8-9H2,1-3H3. The number of hydrogen-bond acceptors (Lipinski definition) is 25. The van der Waals surface area contributed by atoms with Crippen LogP contribution >= 0.6 is 11.8 Å². The first-order valence-corrected chi connectivity index (χ1v) is 55.4. The van der Waals surface area contributed by atoms with Crippen LogP contribution < -0.4 is 16.0 Å². The minimum absolute atomic E-state index is 0.0483. The van der Waals surface area contributed by atoms with Crippen molar-refractivity contribution in [3.8, 4) is 0 Å². The molecule has 8 fully saturated rings. The highest BCUT2D eigenvalue weighted by atomic mass is 32.2. The maximum atomic E-state index is 12.3. The summed E-state index contributed by atoms with van der Waals surface area (Å²) in [6, 6.07) is 20.6. The molecule has 7 aromatic heterocycles. The quantitative estimate of drug-likeness (QED) is 0.0479. The topological polar surface area (TPSA) is 305 Å². The van der Waals surface area contributed by atoms with Gasteiger partial charge in [-0.15, -0.1) is 0 Å². The van der Waals surface area contributed by atoms with E-state index in [-0.39, 0.29) is 55.5 Å². The van der Waals surface area contributed by atoms with Crippen LogP contribution in [0.1, 0.15) is 304 Å². The van der Waals surface area contributed by atoms with E-state index in [0.717, 1.165) is 217 Å². The number of nitrogens with zero attached hydrogens (tertiary/aromatic N) is 18. The predicted octanol–water partition coefficient (Wildman–Crippen LogP) is 17.5. The molecule has 7 aromatic rings. The number of hydrogen-bond donors (Lipinski definition) is 3. The highest BCUT2D eigenvalue weighted by Crippen LogP contribution is 2.37. The van der Waals surface area contributed by atoms with Crippen molar-refractivity contribution < 1.29 is 27.5 Å². The fourth-order valence-electron chi connectivity index (χ4n) is 18.0. The van der Waals surface area contributed by atoms with Crippen LogP contribution in [0.2, 0.25) is 0 Å². The Kier molecular flexibility index (Phi) is 43.3. The smallest absolute Gasteiger partial charge is 0.236 e. The first kappa shape index (κ1) is 115. The van der Waals surface area contributed by atoms with Crippen LogP contribution in [0.25, 0.3) is 0 Å². The zero-order valence-corrected chi connectivity index (χ0v) is 92.8. The number of likely N-dealkylation sites (tertiary alicyclic amines) is 4. The Morgan fingerprint density at radius 2 is 0.879 bits per heavy atom. The van der Waals surface area contributed by atoms with E-state index in [2.05, 4.69) is 289 Å². The molecule has 0 aromatic carbocycles. The number of methoxy groups -OCH3 is 1. The molecule has 5 saturated heterocycles. The molecule has 29 heteroatoms. The van der Waals surface area contributed by atoms with E-state index < -0.39 is 9.84 Å². The number of amides is 3. The highest BCUT2D eigenvalue weighted by molar-refractivity contribution is 7.98. The van der Waals surface area contributed by atoms with E-state index in [9.17, 15) is 22.8 Å². The molecule has 5 aliphatic heterocycles. The lowest BCUT2D eigenvalue weighted by molar-refractivity contribution is -0.139. The molecule has 3 amide bonds. The molecule has 8 aliphatic rings. The second kappa shape index (κ2) is 52.5. The molecule has 0 radical (unpaired) electrons. The van der Waals surface area contributed by atoms with Gasteiger partial charge in [0.25, 0.3) is 0 Å². The summed E-state index contributed by atoms with van der Waals surface area (Å²) in [4.78, 5) is 101. The number of ether oxygens (including phenoxy) is 1. The third-order valence-electron chi connectivity index (χ3n) is 28.3. The van der Waals surface area contributed by atoms with Crippen LogP contribution in [0.15, 0.2) is 98.6 Å². The largest absolute Gasteiger partial charge is 0.382 e. The van der Waals surface area contributed by atoms with Crippen molar-refractivity contribution >= 4 is 50.8 Å². The van der Waals surface area contributed by atoms with E-state index >= 15 is 0 Å². The molecule has 3 saturated carbocycles. The second-order valence-corrected chi connectivity index (χ2v) is 51.6. The molecule has 776 valence electrons. The van der Waals surface area contributed by atoms with Gasteiger partial charge in [-0.1, -0.05) is 152 Å². The molecule has 3 aliphatic carbocycles. The number of carbonyl (C=O) groups is 3. The normalized spacial score (nSPS) is 19.5. The van der Waals surface area contributed by atoms with Crippen molar-refractivity contribution in [3.63, 3.8) is 0 Å². The van der Waals surface area contributed by atoms with Gasteiger partial charge in [-0.2, -0.15) is 11.8 Å². The summed E-state index contributed by atoms with van der Waals surface area (Å²) in [5.74, 6) is 7.05. The number of carbonyl (C=O) groups excluding carboxylic acids is 3. The molecule has 0 unspecified atom stereocenters. The van der Waals surface area contributed by atoms with E-state index in [1.807, 2.05) is 62.3 Å². The zero-order chi connectivity index (χ0) is 103. The van der Waals surface area contributed by atoms with Crippen molar-refractivity contribution in [2.24, 2.45) is 35.5 Å². The van der Waals surface area contributed by atoms with Crippen molar-refractivity contribution in [1.82, 2.24) is 94.5 Å². The molecule has 12 heterocycles. The van der Waals surface area contributed by atoms with Crippen LogP contribution in [-0.2, 0) is 99.0 Å². The number of likely N-dealkylation sites (N-methyl/N-ethyl adjacent to an activating group) is 1. The molecule has 3 N–H and O–H groups in total. The van der Waals surface area contributed by atoms with Gasteiger partial charge in [0.15, 0.2) is 0 Å². The van der Waals surface area contributed by atoms with Gasteiger partial charge >= 0.3 is 0 Å². The summed E-state index contributed by atoms with van der Waals surface area (Å²) < 4.78 is 27.8. The molecule has 0 bridgehead atoms. The van der Waals surface area contributed by atoms with Gasteiger partial charge in [-0.05, 0) is 238 Å². The van der Waals surface area contributed by atoms with Crippen LogP contribution in [0.3, 0.4) is 0 Å². The minimum Gasteiger partial charge on any atom is -0.382 e. The number of thioether (sulfide) groups is 1. The van der Waals surface area contributed by atoms with Gasteiger partial charge in [0, 0.05) is 229 Å². The summed E-state index contributed by atoms with van der Waals surface area (Å²) in [6.07, 6.45) is 35.7. The number of piperidine rings is 3. The number of anilines is 2. The number of rotatable bonds is 25. The molecule has 140 heavy (non-hydrogen) atoms. The summed E-state index contributed by atoms with van der Waals surface area (Å²) in [5.41, 5.74) is 15.6. The molecule has 27 nitrogen and oxygen atoms in total. The fourth-order valence-corrected chi connectivity index (χ4v) is 19.0. The Morgan fingerprint density at radius 1 is 0.457 bits per heavy atom. The van der Waals surface area contributed by atoms with Gasteiger partial charge < -0.3 is 45.2 Å². The summed E-state index contributed by atoms with van der Waals surface area (Å²) in [6.45, 7) is 60.4. The van der Waals surface area contributed by atoms with Gasteiger partial charge in [-0.3, -0.25) is 29.3 Å². The van der Waals surface area contributed by atoms with Crippen LogP contribution in [0.4, 0.5) is 11.5 Å². The first-order chi connectivity index (χ1) is 65.6. The van der Waals surface area contributed by atoms with Crippen LogP contribution in [0, 0.1) is 35.5 Å². The predicted molar refractivity (Wildman–Crippen MR) is 572 cm³/mol. The molecule has 0 atom stereocenters.